The van der Waals surface area contributed by atoms with Crippen LogP contribution in [-0.2, 0) is 11.2 Å². The summed E-state index contributed by atoms with van der Waals surface area (Å²) >= 11 is 3.38. The summed E-state index contributed by atoms with van der Waals surface area (Å²) in [5.41, 5.74) is 3.16. The number of halogens is 1. The van der Waals surface area contributed by atoms with Gasteiger partial charge in [-0.1, -0.05) is 29.8 Å². The Hall–Kier alpha value is -2.47. The predicted octanol–water partition coefficient (Wildman–Crippen LogP) is 4.85. The molecule has 0 aliphatic rings. The molecule has 0 saturated heterocycles. The molecule has 0 amide bonds. The number of benzene rings is 1. The van der Waals surface area contributed by atoms with Gasteiger partial charge in [-0.2, -0.15) is 5.10 Å². The predicted molar refractivity (Wildman–Crippen MR) is 107 cm³/mol. The van der Waals surface area contributed by atoms with Crippen molar-refractivity contribution in [2.24, 2.45) is 0 Å². The zero-order valence-electron chi connectivity index (χ0n) is 15.5. The monoisotopic (exact) mass is 428 g/mol. The first-order chi connectivity index (χ1) is 12.9. The third-order valence-corrected chi connectivity index (χ3v) is 5.07. The molecule has 1 atom stereocenters. The van der Waals surface area contributed by atoms with E-state index in [1.54, 1.807) is 35.1 Å². The van der Waals surface area contributed by atoms with Crippen LogP contribution in [0.25, 0.3) is 5.52 Å². The molecule has 3 aromatic rings. The van der Waals surface area contributed by atoms with E-state index in [0.717, 1.165) is 22.0 Å². The maximum atomic E-state index is 12.9. The highest BCUT2D eigenvalue weighted by atomic mass is 79.9. The van der Waals surface area contributed by atoms with Crippen molar-refractivity contribution in [1.29, 1.82) is 0 Å². The van der Waals surface area contributed by atoms with Gasteiger partial charge in [0.15, 0.2) is 5.78 Å². The van der Waals surface area contributed by atoms with E-state index in [-0.39, 0.29) is 17.9 Å². The van der Waals surface area contributed by atoms with Gasteiger partial charge in [0.05, 0.1) is 28.9 Å². The van der Waals surface area contributed by atoms with Gasteiger partial charge in [-0.3, -0.25) is 4.79 Å². The third kappa shape index (κ3) is 3.95. The fourth-order valence-electron chi connectivity index (χ4n) is 2.84. The summed E-state index contributed by atoms with van der Waals surface area (Å²) in [6.45, 7) is 5.81. The molecule has 0 fully saturated rings. The topological polar surface area (TPSA) is 60.7 Å². The number of nitrogens with zero attached hydrogens (tertiary/aromatic N) is 2. The maximum Gasteiger partial charge on any atom is 0.339 e. The lowest BCUT2D eigenvalue weighted by molar-refractivity contribution is 0.0333. The van der Waals surface area contributed by atoms with Crippen molar-refractivity contribution in [3.05, 3.63) is 69.5 Å². The van der Waals surface area contributed by atoms with E-state index in [2.05, 4.69) is 21.0 Å². The summed E-state index contributed by atoms with van der Waals surface area (Å²) in [6, 6.07) is 9.02. The first kappa shape index (κ1) is 19.3. The SMILES string of the molecule is CCc1cc(C(=O)OC(C)CC)cn2ncc(C(=O)c3ccc(Br)cc3)c12. The van der Waals surface area contributed by atoms with E-state index in [0.29, 0.717) is 23.1 Å². The number of pyridine rings is 1. The van der Waals surface area contributed by atoms with Crippen LogP contribution in [0.15, 0.2) is 47.2 Å². The molecule has 0 aliphatic heterocycles. The van der Waals surface area contributed by atoms with E-state index in [9.17, 15) is 9.59 Å². The largest absolute Gasteiger partial charge is 0.459 e. The van der Waals surface area contributed by atoms with Crippen molar-refractivity contribution in [3.8, 4) is 0 Å². The van der Waals surface area contributed by atoms with Gasteiger partial charge in [0.1, 0.15) is 0 Å². The van der Waals surface area contributed by atoms with Gasteiger partial charge >= 0.3 is 5.97 Å². The van der Waals surface area contributed by atoms with Crippen molar-refractivity contribution in [1.82, 2.24) is 9.61 Å². The Balaban J connectivity index is 2.03. The molecule has 0 N–H and O–H groups in total. The average molecular weight is 429 g/mol. The molecule has 0 aliphatic carbocycles. The molecule has 0 spiro atoms. The van der Waals surface area contributed by atoms with Gasteiger partial charge in [-0.15, -0.1) is 0 Å². The highest BCUT2D eigenvalue weighted by Gasteiger charge is 2.20. The lowest BCUT2D eigenvalue weighted by atomic mass is 10.0. The van der Waals surface area contributed by atoms with Crippen LogP contribution in [-0.4, -0.2) is 27.5 Å². The summed E-state index contributed by atoms with van der Waals surface area (Å²) in [5.74, 6) is -0.473. The van der Waals surface area contributed by atoms with Gasteiger partial charge in [0.2, 0.25) is 0 Å². The van der Waals surface area contributed by atoms with Crippen molar-refractivity contribution in [2.45, 2.75) is 39.7 Å². The zero-order valence-corrected chi connectivity index (χ0v) is 17.1. The summed E-state index contributed by atoms with van der Waals surface area (Å²) in [5, 5.41) is 4.31. The van der Waals surface area contributed by atoms with Crippen LogP contribution >= 0.6 is 15.9 Å². The molecule has 0 radical (unpaired) electrons. The Labute approximate surface area is 166 Å². The summed E-state index contributed by atoms with van der Waals surface area (Å²) in [7, 11) is 0. The minimum Gasteiger partial charge on any atom is -0.459 e. The van der Waals surface area contributed by atoms with Crippen LogP contribution in [0, 0.1) is 0 Å². The first-order valence-electron chi connectivity index (χ1n) is 8.96. The van der Waals surface area contributed by atoms with Gasteiger partial charge in [-0.25, -0.2) is 9.31 Å². The molecule has 1 unspecified atom stereocenters. The van der Waals surface area contributed by atoms with Crippen LogP contribution in [0.3, 0.4) is 0 Å². The number of ether oxygens (including phenoxy) is 1. The highest BCUT2D eigenvalue weighted by Crippen LogP contribution is 2.23. The number of rotatable bonds is 6. The van der Waals surface area contributed by atoms with E-state index in [1.165, 1.54) is 0 Å². The standard InChI is InChI=1S/C21H21BrN2O3/c1-4-13(3)27-21(26)16-10-14(5-2)19-18(11-23-24(19)12-16)20(25)15-6-8-17(22)9-7-15/h6-13H,4-5H2,1-3H3. The summed E-state index contributed by atoms with van der Waals surface area (Å²) in [4.78, 5) is 25.3. The highest BCUT2D eigenvalue weighted by molar-refractivity contribution is 9.10. The number of hydrogen-bond donors (Lipinski definition) is 0. The minimum absolute atomic E-state index is 0.0952. The molecule has 0 bridgehead atoms. The molecular weight excluding hydrogens is 408 g/mol. The van der Waals surface area contributed by atoms with E-state index in [4.69, 9.17) is 4.74 Å². The van der Waals surface area contributed by atoms with Crippen LogP contribution in [0.1, 0.15) is 59.0 Å². The number of aromatic nitrogens is 2. The van der Waals surface area contributed by atoms with E-state index < -0.39 is 0 Å². The maximum absolute atomic E-state index is 12.9. The molecule has 0 saturated carbocycles. The molecule has 140 valence electrons. The number of carbonyl (C=O) groups excluding carboxylic acids is 2. The number of esters is 1. The zero-order chi connectivity index (χ0) is 19.6. The van der Waals surface area contributed by atoms with Gasteiger partial charge in [-0.05, 0) is 55.7 Å². The second kappa shape index (κ2) is 8.05. The Kier molecular flexibility index (Phi) is 5.75. The average Bonchev–Trinajstić information content (AvgIpc) is 3.11. The second-order valence-corrected chi connectivity index (χ2v) is 7.33. The molecular formula is C21H21BrN2O3. The van der Waals surface area contributed by atoms with Crippen LogP contribution in [0.5, 0.6) is 0 Å². The van der Waals surface area contributed by atoms with Crippen LogP contribution in [0.4, 0.5) is 0 Å². The molecule has 27 heavy (non-hydrogen) atoms. The molecule has 2 heterocycles. The number of aryl methyl sites for hydroxylation is 1. The van der Waals surface area contributed by atoms with E-state index >= 15 is 0 Å². The normalized spacial score (nSPS) is 12.1. The number of carbonyl (C=O) groups is 2. The lowest BCUT2D eigenvalue weighted by Gasteiger charge is -2.12. The van der Waals surface area contributed by atoms with Gasteiger partial charge in [0, 0.05) is 16.2 Å². The van der Waals surface area contributed by atoms with Crippen LogP contribution in [0.2, 0.25) is 0 Å². The fourth-order valence-corrected chi connectivity index (χ4v) is 3.11. The summed E-state index contributed by atoms with van der Waals surface area (Å²) in [6.07, 6.45) is 4.45. The minimum atomic E-state index is -0.378. The quantitative estimate of drug-likeness (QED) is 0.415. The Bertz CT molecular complexity index is 993. The van der Waals surface area contributed by atoms with Crippen molar-refractivity contribution < 1.29 is 14.3 Å². The molecule has 5 nitrogen and oxygen atoms in total. The molecule has 6 heteroatoms. The van der Waals surface area contributed by atoms with Crippen molar-refractivity contribution >= 4 is 33.2 Å². The van der Waals surface area contributed by atoms with Gasteiger partial charge < -0.3 is 4.74 Å². The summed E-state index contributed by atoms with van der Waals surface area (Å²) < 4.78 is 7.93. The van der Waals surface area contributed by atoms with Gasteiger partial charge in [0.25, 0.3) is 0 Å². The van der Waals surface area contributed by atoms with Crippen molar-refractivity contribution in [3.63, 3.8) is 0 Å². The molecule has 3 rings (SSSR count). The van der Waals surface area contributed by atoms with Crippen molar-refractivity contribution in [2.75, 3.05) is 0 Å². The third-order valence-electron chi connectivity index (χ3n) is 4.54. The molecule has 2 aromatic heterocycles. The van der Waals surface area contributed by atoms with E-state index in [1.807, 2.05) is 32.9 Å². The smallest absolute Gasteiger partial charge is 0.339 e. The number of ketones is 1. The first-order valence-corrected chi connectivity index (χ1v) is 9.75. The Morgan fingerprint density at radius 1 is 1.19 bits per heavy atom. The molecule has 1 aromatic carbocycles. The number of hydrogen-bond acceptors (Lipinski definition) is 4. The lowest BCUT2D eigenvalue weighted by Crippen LogP contribution is -2.15. The second-order valence-electron chi connectivity index (χ2n) is 6.42. The Morgan fingerprint density at radius 2 is 1.89 bits per heavy atom. The number of fused-ring (bicyclic) bond motifs is 1. The van der Waals surface area contributed by atoms with Crippen LogP contribution < -0.4 is 0 Å². The Morgan fingerprint density at radius 3 is 2.52 bits per heavy atom. The fraction of sp³-hybridized carbons (Fsp3) is 0.286.